The summed E-state index contributed by atoms with van der Waals surface area (Å²) in [4.78, 5) is 5.38. The van der Waals surface area contributed by atoms with E-state index in [0.29, 0.717) is 0 Å². The van der Waals surface area contributed by atoms with E-state index < -0.39 is 16.1 Å². The van der Waals surface area contributed by atoms with Crippen molar-refractivity contribution < 1.29 is 0 Å². The summed E-state index contributed by atoms with van der Waals surface area (Å²) in [5.74, 6) is 0. The van der Waals surface area contributed by atoms with Gasteiger partial charge in [0.1, 0.15) is 0 Å². The first-order chi connectivity index (χ1) is 57.8. The molecule has 118 heavy (non-hydrogen) atoms. The van der Waals surface area contributed by atoms with Crippen LogP contribution in [0.3, 0.4) is 0 Å². The molecular formula is C110H86BN5Si2. The summed E-state index contributed by atoms with van der Waals surface area (Å²) in [5, 5.41) is 17.9. The van der Waals surface area contributed by atoms with Gasteiger partial charge in [0.05, 0.1) is 38.8 Å². The van der Waals surface area contributed by atoms with Crippen molar-refractivity contribution in [2.45, 2.75) is 52.4 Å². The lowest BCUT2D eigenvalue weighted by atomic mass is 9.33. The maximum atomic E-state index is 2.70. The maximum absolute atomic E-state index is 3.18. The van der Waals surface area contributed by atoms with Crippen molar-refractivity contribution in [1.82, 2.24) is 13.7 Å². The highest BCUT2D eigenvalue weighted by atomic mass is 28.3. The molecule has 3 aromatic heterocycles. The van der Waals surface area contributed by atoms with Crippen LogP contribution in [0.15, 0.2) is 413 Å². The Hall–Kier alpha value is -13.8. The van der Waals surface area contributed by atoms with Crippen LogP contribution in [0.2, 0.25) is 0 Å². The third kappa shape index (κ3) is 10.9. The van der Waals surface area contributed by atoms with E-state index in [0.717, 1.165) is 73.3 Å². The Morgan fingerprint density at radius 1 is 0.203 bits per heavy atom. The number of anilines is 6. The molecule has 562 valence electrons. The molecule has 2 aliphatic rings. The van der Waals surface area contributed by atoms with Crippen molar-refractivity contribution in [2.24, 2.45) is 0 Å². The number of para-hydroxylation sites is 4. The van der Waals surface area contributed by atoms with Crippen molar-refractivity contribution in [3.8, 4) is 17.1 Å². The maximum Gasteiger partial charge on any atom is 0.252 e. The fraction of sp³-hybridized carbons (Fsp3) is 0.0727. The molecule has 22 rings (SSSR count). The van der Waals surface area contributed by atoms with Gasteiger partial charge in [0.25, 0.3) is 6.71 Å². The second-order valence-corrected chi connectivity index (χ2v) is 41.9. The molecule has 0 amide bonds. The van der Waals surface area contributed by atoms with Gasteiger partial charge in [0.15, 0.2) is 16.1 Å². The molecule has 0 radical (unpaired) electrons. The normalized spacial score (nSPS) is 12.9. The monoisotopic (exact) mass is 1540 g/mol. The standard InChI is InChI=1S/C110H86BN5Si2/c1-109(2,3)75-59-64-102-94(67-75)95-68-76(110(4,5)6)60-65-103(95)116(102)81-73-106-108-107(74-81)115(78-36-34-50-89(70-78)118(85-43-19-10-20-44-85,86-45-21-11-22-46-86)87-47-23-12-24-48-87)105-72-80(113-100-57-31-27-53-92(100)93-54-28-32-58-101(93)113)61-63-96(105)111(108)97-71-79(112-98-55-29-25-51-90(98)91-52-26-30-56-99(91)112)62-66-104(97)114(106)77-35-33-49-88(69-77)117(82-37-13-7-14-38-82,83-39-15-8-16-40-83)84-41-17-9-18-42-84/h7-74H,1-6H3. The molecule has 0 atom stereocenters. The molecule has 0 bridgehead atoms. The van der Waals surface area contributed by atoms with E-state index in [1.54, 1.807) is 0 Å². The molecule has 20 aromatic rings. The molecule has 8 heteroatoms. The number of aromatic nitrogens is 3. The molecule has 0 aliphatic carbocycles. The third-order valence-corrected chi connectivity index (χ3v) is 35.3. The van der Waals surface area contributed by atoms with E-state index in [2.05, 4.69) is 478 Å². The van der Waals surface area contributed by atoms with Crippen molar-refractivity contribution in [3.05, 3.63) is 424 Å². The summed E-state index contributed by atoms with van der Waals surface area (Å²) in [6, 6.07) is 159. The molecule has 2 aliphatic heterocycles. The minimum Gasteiger partial charge on any atom is -0.311 e. The lowest BCUT2D eigenvalue weighted by Crippen LogP contribution is -2.74. The summed E-state index contributed by atoms with van der Waals surface area (Å²) in [5.41, 5.74) is 22.9. The van der Waals surface area contributed by atoms with Gasteiger partial charge in [0, 0.05) is 77.8 Å². The fourth-order valence-corrected chi connectivity index (χ4v) is 30.0. The quantitative estimate of drug-likeness (QED) is 0.0847. The highest BCUT2D eigenvalue weighted by Gasteiger charge is 2.48. The molecule has 0 spiro atoms. The van der Waals surface area contributed by atoms with E-state index in [9.17, 15) is 0 Å². The first-order valence-electron chi connectivity index (χ1n) is 41.5. The third-order valence-electron chi connectivity index (χ3n) is 25.8. The number of hydrogen-bond donors (Lipinski definition) is 0. The predicted molar refractivity (Wildman–Crippen MR) is 508 cm³/mol. The van der Waals surface area contributed by atoms with Gasteiger partial charge in [-0.3, -0.25) is 0 Å². The van der Waals surface area contributed by atoms with Crippen LogP contribution in [0.5, 0.6) is 0 Å². The van der Waals surface area contributed by atoms with Gasteiger partial charge >= 0.3 is 0 Å². The molecule has 0 saturated carbocycles. The van der Waals surface area contributed by atoms with Gasteiger partial charge in [-0.1, -0.05) is 339 Å². The molecule has 0 N–H and O–H groups in total. The smallest absolute Gasteiger partial charge is 0.252 e. The van der Waals surface area contributed by atoms with E-state index >= 15 is 0 Å². The van der Waals surface area contributed by atoms with Gasteiger partial charge < -0.3 is 23.5 Å². The van der Waals surface area contributed by atoms with E-state index in [4.69, 9.17) is 0 Å². The summed E-state index contributed by atoms with van der Waals surface area (Å²) in [7, 11) is -6.33. The van der Waals surface area contributed by atoms with Crippen LogP contribution in [-0.2, 0) is 10.8 Å². The Kier molecular flexibility index (Phi) is 16.5. The lowest BCUT2D eigenvalue weighted by Gasteiger charge is -2.45. The Morgan fingerprint density at radius 3 is 0.881 bits per heavy atom. The SMILES string of the molecule is CC(C)(C)c1ccc2c(c1)c1cc(C(C)(C)C)ccc1n2-c1cc2c3c(c1)N(c1cccc([Si](c4ccccc4)(c4ccccc4)c4ccccc4)c1)c1cc(-n4c5ccccc5c5ccccc54)ccc1B3c1cc(-n3c4ccccc4c4ccccc43)ccc1N2c1cccc([Si](c2ccccc2)(c2ccccc2)c2ccccc2)c1. The van der Waals surface area contributed by atoms with Gasteiger partial charge in [-0.05, 0) is 195 Å². The topological polar surface area (TPSA) is 21.3 Å². The van der Waals surface area contributed by atoms with Gasteiger partial charge in [-0.15, -0.1) is 0 Å². The van der Waals surface area contributed by atoms with Crippen molar-refractivity contribution in [1.29, 1.82) is 0 Å². The highest BCUT2D eigenvalue weighted by Crippen LogP contribution is 2.49. The summed E-state index contributed by atoms with van der Waals surface area (Å²) >= 11 is 0. The summed E-state index contributed by atoms with van der Waals surface area (Å²) < 4.78 is 7.64. The van der Waals surface area contributed by atoms with Crippen LogP contribution in [0.25, 0.3) is 82.5 Å². The van der Waals surface area contributed by atoms with Gasteiger partial charge in [-0.25, -0.2) is 0 Å². The van der Waals surface area contributed by atoms with Crippen molar-refractivity contribution in [3.63, 3.8) is 0 Å². The number of rotatable bonds is 13. The minimum atomic E-state index is -3.18. The van der Waals surface area contributed by atoms with E-state index in [-0.39, 0.29) is 17.5 Å². The Bertz CT molecular complexity index is 6970. The Morgan fingerprint density at radius 2 is 0.508 bits per heavy atom. The number of nitrogens with zero attached hydrogens (tertiary/aromatic N) is 5. The zero-order valence-corrected chi connectivity index (χ0v) is 69.1. The molecule has 5 heterocycles. The Balaban J connectivity index is 0.907. The van der Waals surface area contributed by atoms with Gasteiger partial charge in [0.2, 0.25) is 0 Å². The highest BCUT2D eigenvalue weighted by molar-refractivity contribution is 7.20. The van der Waals surface area contributed by atoms with Gasteiger partial charge in [-0.2, -0.15) is 0 Å². The van der Waals surface area contributed by atoms with Crippen LogP contribution >= 0.6 is 0 Å². The first-order valence-corrected chi connectivity index (χ1v) is 45.5. The lowest BCUT2D eigenvalue weighted by molar-refractivity contribution is 0.590. The number of benzene rings is 17. The molecule has 17 aromatic carbocycles. The molecule has 0 unspecified atom stereocenters. The second-order valence-electron chi connectivity index (χ2n) is 34.3. The summed E-state index contributed by atoms with van der Waals surface area (Å²) in [6.07, 6.45) is 0. The van der Waals surface area contributed by atoms with Crippen molar-refractivity contribution in [2.75, 3.05) is 9.80 Å². The van der Waals surface area contributed by atoms with Crippen LogP contribution in [-0.4, -0.2) is 36.6 Å². The van der Waals surface area contributed by atoms with Crippen LogP contribution in [0, 0.1) is 0 Å². The number of fused-ring (bicyclic) bond motifs is 13. The molecule has 0 saturated heterocycles. The average Bonchev–Trinajstić information content (AvgIpc) is 0.865. The van der Waals surface area contributed by atoms with E-state index in [1.165, 1.54) is 112 Å². The predicted octanol–water partition coefficient (Wildman–Crippen LogP) is 20.4. The minimum absolute atomic E-state index is 0.108. The first kappa shape index (κ1) is 70.8. The molecular weight excluding hydrogens is 1460 g/mol. The van der Waals surface area contributed by atoms with Crippen LogP contribution < -0.4 is 67.7 Å². The Labute approximate surface area is 692 Å². The van der Waals surface area contributed by atoms with Crippen LogP contribution in [0.1, 0.15) is 52.7 Å². The fourth-order valence-electron chi connectivity index (χ4n) is 20.4. The van der Waals surface area contributed by atoms with Crippen molar-refractivity contribution >= 4 is 180 Å². The zero-order chi connectivity index (χ0) is 79.2. The zero-order valence-electron chi connectivity index (χ0n) is 67.1. The summed E-state index contributed by atoms with van der Waals surface area (Å²) in [6.45, 7) is 13.8. The molecule has 5 nitrogen and oxygen atoms in total. The average molecular weight is 1540 g/mol. The largest absolute Gasteiger partial charge is 0.311 e. The van der Waals surface area contributed by atoms with Crippen LogP contribution in [0.4, 0.5) is 34.1 Å². The number of hydrogen-bond acceptors (Lipinski definition) is 2. The second kappa shape index (κ2) is 27.5. The molecule has 0 fully saturated rings. The van der Waals surface area contributed by atoms with E-state index in [1.807, 2.05) is 0 Å².